The number of rotatable bonds is 6. The number of nitrogens with one attached hydrogen (secondary N) is 2. The van der Waals surface area contributed by atoms with Crippen molar-refractivity contribution in [3.05, 3.63) is 30.1 Å². The van der Waals surface area contributed by atoms with Crippen molar-refractivity contribution in [3.8, 4) is 0 Å². The minimum atomic E-state index is -0.712. The number of nitrogens with zero attached hydrogens (tertiary/aromatic N) is 3. The third-order valence-electron chi connectivity index (χ3n) is 5.23. The number of halogens is 1. The predicted octanol–water partition coefficient (Wildman–Crippen LogP) is 3.33. The number of aliphatic imine (C=N–C) groups is 1. The van der Waals surface area contributed by atoms with Crippen LogP contribution in [0.4, 0.5) is 0 Å². The van der Waals surface area contributed by atoms with Crippen molar-refractivity contribution in [1.82, 2.24) is 20.2 Å². The lowest BCUT2D eigenvalue weighted by molar-refractivity contribution is 0.413. The van der Waals surface area contributed by atoms with Gasteiger partial charge in [-0.25, -0.2) is 9.98 Å². The third kappa shape index (κ3) is 5.68. The second-order valence-electron chi connectivity index (χ2n) is 7.07. The van der Waals surface area contributed by atoms with Gasteiger partial charge in [-0.1, -0.05) is 25.5 Å². The van der Waals surface area contributed by atoms with Crippen LogP contribution in [-0.4, -0.2) is 43.3 Å². The summed E-state index contributed by atoms with van der Waals surface area (Å²) in [6.45, 7) is 5.42. The Morgan fingerprint density at radius 1 is 1.32 bits per heavy atom. The van der Waals surface area contributed by atoms with E-state index >= 15 is 0 Å². The molecule has 0 radical (unpaired) electrons. The molecule has 0 aliphatic heterocycles. The van der Waals surface area contributed by atoms with Crippen LogP contribution in [0.3, 0.4) is 0 Å². The lowest BCUT2D eigenvalue weighted by Gasteiger charge is -2.30. The topological polar surface area (TPSA) is 71.3 Å². The van der Waals surface area contributed by atoms with Crippen LogP contribution in [0.25, 0.3) is 11.0 Å². The van der Waals surface area contributed by atoms with Gasteiger partial charge in [-0.05, 0) is 38.3 Å². The van der Waals surface area contributed by atoms with Gasteiger partial charge in [-0.3, -0.25) is 4.21 Å². The molecule has 1 fully saturated rings. The highest BCUT2D eigenvalue weighted by Crippen LogP contribution is 2.23. The Morgan fingerprint density at radius 3 is 2.82 bits per heavy atom. The van der Waals surface area contributed by atoms with Crippen LogP contribution in [0.5, 0.6) is 0 Å². The molecule has 1 saturated carbocycles. The zero-order valence-corrected chi connectivity index (χ0v) is 20.1. The molecule has 0 bridgehead atoms. The first-order chi connectivity index (χ1) is 13.1. The highest BCUT2D eigenvalue weighted by molar-refractivity contribution is 14.0. The van der Waals surface area contributed by atoms with E-state index in [1.54, 1.807) is 0 Å². The van der Waals surface area contributed by atoms with Crippen molar-refractivity contribution < 1.29 is 4.21 Å². The van der Waals surface area contributed by atoms with Gasteiger partial charge in [0.1, 0.15) is 12.4 Å². The van der Waals surface area contributed by atoms with Crippen LogP contribution in [0.1, 0.15) is 45.4 Å². The Balaban J connectivity index is 0.00000280. The van der Waals surface area contributed by atoms with E-state index in [1.807, 2.05) is 32.2 Å². The van der Waals surface area contributed by atoms with E-state index in [2.05, 4.69) is 28.2 Å². The molecule has 2 aromatic rings. The SMILES string of the molecule is CCNC(=NCc1nc2ccccc2n1C)NC1CCCC(S(=O)CC)C1.I. The van der Waals surface area contributed by atoms with Gasteiger partial charge in [0.15, 0.2) is 5.96 Å². The van der Waals surface area contributed by atoms with Gasteiger partial charge in [0, 0.05) is 41.4 Å². The smallest absolute Gasteiger partial charge is 0.191 e. The van der Waals surface area contributed by atoms with E-state index in [4.69, 9.17) is 9.98 Å². The molecule has 0 amide bonds. The first-order valence-electron chi connectivity index (χ1n) is 9.94. The first-order valence-corrected chi connectivity index (χ1v) is 11.3. The molecule has 3 rings (SSSR count). The molecule has 1 aliphatic carbocycles. The molecule has 156 valence electrons. The van der Waals surface area contributed by atoms with Crippen molar-refractivity contribution >= 4 is 51.8 Å². The Labute approximate surface area is 187 Å². The fourth-order valence-corrected chi connectivity index (χ4v) is 5.10. The molecule has 0 spiro atoms. The first kappa shape index (κ1) is 23.1. The van der Waals surface area contributed by atoms with Crippen molar-refractivity contribution in [2.75, 3.05) is 12.3 Å². The van der Waals surface area contributed by atoms with Crippen LogP contribution in [-0.2, 0) is 24.4 Å². The average molecular weight is 517 g/mol. The summed E-state index contributed by atoms with van der Waals surface area (Å²) in [4.78, 5) is 9.46. The Hall–Kier alpha value is -1.16. The standard InChI is InChI=1S/C20H31N5OS.HI/c1-4-21-20(23-15-9-8-10-16(13-15)27(26)5-2)22-14-19-24-17-11-6-7-12-18(17)25(19)3;/h6-7,11-12,15-16H,4-5,8-10,13-14H2,1-3H3,(H2,21,22,23);1H. The molecule has 8 heteroatoms. The maximum atomic E-state index is 12.2. The lowest BCUT2D eigenvalue weighted by atomic mass is 9.95. The number of aromatic nitrogens is 2. The minimum absolute atomic E-state index is 0. The average Bonchev–Trinajstić information content (AvgIpc) is 3.02. The van der Waals surface area contributed by atoms with Gasteiger partial charge in [0.25, 0.3) is 0 Å². The molecule has 2 N–H and O–H groups in total. The highest BCUT2D eigenvalue weighted by atomic mass is 127. The molecular formula is C20H32IN5OS. The minimum Gasteiger partial charge on any atom is -0.357 e. The zero-order chi connectivity index (χ0) is 19.2. The zero-order valence-electron chi connectivity index (χ0n) is 17.0. The molecule has 1 aromatic heterocycles. The monoisotopic (exact) mass is 517 g/mol. The van der Waals surface area contributed by atoms with E-state index < -0.39 is 10.8 Å². The van der Waals surface area contributed by atoms with E-state index in [9.17, 15) is 4.21 Å². The number of para-hydroxylation sites is 2. The molecule has 0 saturated heterocycles. The van der Waals surface area contributed by atoms with Crippen molar-refractivity contribution in [2.24, 2.45) is 12.0 Å². The fraction of sp³-hybridized carbons (Fsp3) is 0.600. The number of hydrogen-bond donors (Lipinski definition) is 2. The predicted molar refractivity (Wildman–Crippen MR) is 129 cm³/mol. The Bertz CT molecular complexity index is 822. The number of imidazole rings is 1. The van der Waals surface area contributed by atoms with Gasteiger partial charge < -0.3 is 15.2 Å². The second-order valence-corrected chi connectivity index (χ2v) is 9.08. The van der Waals surface area contributed by atoms with Crippen molar-refractivity contribution in [1.29, 1.82) is 0 Å². The van der Waals surface area contributed by atoms with E-state index in [-0.39, 0.29) is 24.0 Å². The number of guanidine groups is 1. The van der Waals surface area contributed by atoms with E-state index in [1.165, 1.54) is 0 Å². The number of fused-ring (bicyclic) bond motifs is 1. The van der Waals surface area contributed by atoms with E-state index in [0.717, 1.165) is 60.8 Å². The highest BCUT2D eigenvalue weighted by Gasteiger charge is 2.26. The molecule has 3 atom stereocenters. The van der Waals surface area contributed by atoms with Crippen LogP contribution in [0.2, 0.25) is 0 Å². The van der Waals surface area contributed by atoms with Gasteiger partial charge in [0.05, 0.1) is 11.0 Å². The number of benzene rings is 1. The van der Waals surface area contributed by atoms with Crippen LogP contribution in [0.15, 0.2) is 29.3 Å². The second kappa shape index (κ2) is 11.1. The van der Waals surface area contributed by atoms with Gasteiger partial charge in [-0.2, -0.15) is 0 Å². The largest absolute Gasteiger partial charge is 0.357 e. The summed E-state index contributed by atoms with van der Waals surface area (Å²) in [6.07, 6.45) is 4.26. The summed E-state index contributed by atoms with van der Waals surface area (Å²) >= 11 is 0. The van der Waals surface area contributed by atoms with Gasteiger partial charge in [-0.15, -0.1) is 24.0 Å². The molecule has 1 aliphatic rings. The van der Waals surface area contributed by atoms with Crippen LogP contribution >= 0.6 is 24.0 Å². The summed E-state index contributed by atoms with van der Waals surface area (Å²) in [7, 11) is 1.32. The molecule has 1 heterocycles. The summed E-state index contributed by atoms with van der Waals surface area (Å²) in [5.41, 5.74) is 2.12. The quantitative estimate of drug-likeness (QED) is 0.351. The maximum absolute atomic E-state index is 12.2. The van der Waals surface area contributed by atoms with Crippen LogP contribution < -0.4 is 10.6 Å². The summed E-state index contributed by atoms with van der Waals surface area (Å²) < 4.78 is 14.3. The lowest BCUT2D eigenvalue weighted by Crippen LogP contribution is -2.46. The number of hydrogen-bond acceptors (Lipinski definition) is 3. The molecule has 6 nitrogen and oxygen atoms in total. The normalized spacial score (nSPS) is 21.2. The Morgan fingerprint density at radius 2 is 2.11 bits per heavy atom. The summed E-state index contributed by atoms with van der Waals surface area (Å²) in [6, 6.07) is 8.48. The van der Waals surface area contributed by atoms with Gasteiger partial charge >= 0.3 is 0 Å². The maximum Gasteiger partial charge on any atom is 0.191 e. The third-order valence-corrected chi connectivity index (χ3v) is 6.97. The van der Waals surface area contributed by atoms with Gasteiger partial charge in [0.2, 0.25) is 0 Å². The molecule has 3 unspecified atom stereocenters. The fourth-order valence-electron chi connectivity index (χ4n) is 3.75. The summed E-state index contributed by atoms with van der Waals surface area (Å²) in [5.74, 6) is 2.51. The van der Waals surface area contributed by atoms with Crippen LogP contribution in [0, 0.1) is 0 Å². The molecule has 1 aromatic carbocycles. The number of aryl methyl sites for hydroxylation is 1. The molecule has 28 heavy (non-hydrogen) atoms. The van der Waals surface area contributed by atoms with Crippen molar-refractivity contribution in [3.63, 3.8) is 0 Å². The Kier molecular flexibility index (Phi) is 9.20. The van der Waals surface area contributed by atoms with Crippen molar-refractivity contribution in [2.45, 2.75) is 57.4 Å². The van der Waals surface area contributed by atoms with E-state index in [0.29, 0.717) is 17.8 Å². The molecular weight excluding hydrogens is 485 g/mol. The summed E-state index contributed by atoms with van der Waals surface area (Å²) in [5, 5.41) is 7.20.